The van der Waals surface area contributed by atoms with Gasteiger partial charge in [0.1, 0.15) is 0 Å². The molecular weight excluding hydrogens is 944 g/mol. The van der Waals surface area contributed by atoms with Gasteiger partial charge in [-0.05, 0) is 22.8 Å². The summed E-state index contributed by atoms with van der Waals surface area (Å²) in [4.78, 5) is 4.43. The first-order chi connectivity index (χ1) is 9.85. The van der Waals surface area contributed by atoms with Gasteiger partial charge in [0.15, 0.2) is 0 Å². The molecule has 0 aliphatic heterocycles. The maximum atomic E-state index is 4.43. The summed E-state index contributed by atoms with van der Waals surface area (Å²) in [6.45, 7) is 0. The van der Waals surface area contributed by atoms with E-state index in [-0.39, 0.29) is 24.0 Å². The van der Waals surface area contributed by atoms with E-state index in [1.54, 1.807) is 0 Å². The fourth-order valence-corrected chi connectivity index (χ4v) is 1.97. The molecule has 0 N–H and O–H groups in total. The van der Waals surface area contributed by atoms with Crippen LogP contribution < -0.4 is 13.3 Å². The topological polar surface area (TPSA) is 12.9 Å². The Morgan fingerprint density at radius 3 is 2.19 bits per heavy atom. The van der Waals surface area contributed by atoms with Gasteiger partial charge in [-0.2, -0.15) is 0 Å². The van der Waals surface area contributed by atoms with Gasteiger partial charge in [0, 0.05) is 49.8 Å². The molecule has 1 heterocycles. The molecule has 1 aliphatic rings. The maximum absolute atomic E-state index is 4.43. The van der Waals surface area contributed by atoms with E-state index < -0.39 is 0 Å². The van der Waals surface area contributed by atoms with Crippen molar-refractivity contribution in [1.82, 2.24) is 4.98 Å². The van der Waals surface area contributed by atoms with E-state index in [2.05, 4.69) is 122 Å². The first kappa shape index (κ1) is 23.5. The van der Waals surface area contributed by atoms with E-state index >= 15 is 0 Å². The van der Waals surface area contributed by atoms with Gasteiger partial charge in [0.2, 0.25) is 0 Å². The number of hydrogen-bond donors (Lipinski definition) is 0. The zero-order chi connectivity index (χ0) is 14.8. The number of fused-ring (bicyclic) bond motifs is 2. The molecule has 116 valence electrons. The second-order valence-corrected chi connectivity index (χ2v) is 20.0. The minimum absolute atomic E-state index is 0. The molecule has 0 atom stereocenters. The molecule has 7 heteroatoms. The van der Waals surface area contributed by atoms with Crippen LogP contribution in [-0.2, 0) is 6.42 Å². The summed E-state index contributed by atoms with van der Waals surface area (Å²) in [5, 5.41) is 0. The molecule has 1 aliphatic carbocycles. The van der Waals surface area contributed by atoms with Crippen molar-refractivity contribution in [3.63, 3.8) is 0 Å². The van der Waals surface area contributed by atoms with Gasteiger partial charge in [-0.25, -0.2) is 0 Å². The van der Waals surface area contributed by atoms with Crippen molar-refractivity contribution in [2.24, 2.45) is 0 Å². The SMILES string of the molecule is C1=Cc2cccnc2Cc2ccccc21.I.II.I[I-]I. The number of halogens is 6. The molecule has 2 aromatic rings. The number of nitrogens with zero attached hydrogens (tertiary/aromatic N) is 1. The fourth-order valence-electron chi connectivity index (χ4n) is 1.97. The third-order valence-corrected chi connectivity index (χ3v) is 2.78. The molecular formula is C14H12I6N-. The summed E-state index contributed by atoms with van der Waals surface area (Å²) < 4.78 is 0. The molecule has 1 aromatic carbocycles. The molecule has 0 unspecified atom stereocenters. The fraction of sp³-hybridized carbons (Fsp3) is 0.0714. The van der Waals surface area contributed by atoms with E-state index in [9.17, 15) is 0 Å². The summed E-state index contributed by atoms with van der Waals surface area (Å²) in [7, 11) is 0. The van der Waals surface area contributed by atoms with Gasteiger partial charge in [-0.3, -0.25) is 4.98 Å². The van der Waals surface area contributed by atoms with E-state index in [0.717, 1.165) is 6.42 Å². The number of aromatic nitrogens is 1. The average Bonchev–Trinajstić information content (AvgIpc) is 2.69. The Balaban J connectivity index is 0.000000599. The van der Waals surface area contributed by atoms with Gasteiger partial charge in [-0.15, -0.1) is 24.0 Å². The van der Waals surface area contributed by atoms with E-state index in [0.29, 0.717) is 13.3 Å². The standard InChI is InChI=1S/C14H11N.I3.I2.HI/c1-2-5-13-10-14-12(6-3-9-15-14)8-7-11(13)4-1;1-3-2;1-2;/h1-9H,10H2;;;1H/q;-1;;. The van der Waals surface area contributed by atoms with Crippen LogP contribution >= 0.6 is 98.4 Å². The summed E-state index contributed by atoms with van der Waals surface area (Å²) >= 11 is 9.54. The van der Waals surface area contributed by atoms with Crippen molar-refractivity contribution in [1.29, 1.82) is 0 Å². The quantitative estimate of drug-likeness (QED) is 0.307. The third-order valence-electron chi connectivity index (χ3n) is 2.78. The Morgan fingerprint density at radius 1 is 0.905 bits per heavy atom. The Labute approximate surface area is 196 Å². The Morgan fingerprint density at radius 2 is 1.48 bits per heavy atom. The van der Waals surface area contributed by atoms with Crippen LogP contribution in [0.5, 0.6) is 0 Å². The van der Waals surface area contributed by atoms with Crippen LogP contribution in [0.15, 0.2) is 42.6 Å². The molecule has 21 heavy (non-hydrogen) atoms. The van der Waals surface area contributed by atoms with Crippen LogP contribution in [0.3, 0.4) is 0 Å². The molecule has 1 aromatic heterocycles. The number of hydrogen-bond acceptors (Lipinski definition) is 1. The summed E-state index contributed by atoms with van der Waals surface area (Å²) in [6, 6.07) is 12.6. The normalized spacial score (nSPS) is 10.5. The number of benzene rings is 1. The van der Waals surface area contributed by atoms with Crippen LogP contribution in [0.25, 0.3) is 12.2 Å². The first-order valence-electron chi connectivity index (χ1n) is 5.56. The van der Waals surface area contributed by atoms with Crippen molar-refractivity contribution in [2.75, 3.05) is 0 Å². The molecule has 0 saturated heterocycles. The summed E-state index contributed by atoms with van der Waals surface area (Å²) in [6.07, 6.45) is 7.11. The van der Waals surface area contributed by atoms with E-state index in [4.69, 9.17) is 0 Å². The van der Waals surface area contributed by atoms with Crippen LogP contribution in [0.4, 0.5) is 0 Å². The molecule has 1 nitrogen and oxygen atoms in total. The van der Waals surface area contributed by atoms with Crippen LogP contribution in [0.2, 0.25) is 0 Å². The van der Waals surface area contributed by atoms with Crippen molar-refractivity contribution in [3.05, 3.63) is 65.0 Å². The second kappa shape index (κ2) is 14.8. The first-order valence-corrected chi connectivity index (χ1v) is 24.4. The summed E-state index contributed by atoms with van der Waals surface area (Å²) in [5.74, 6) is 0. The van der Waals surface area contributed by atoms with Gasteiger partial charge in [-0.1, -0.05) is 42.5 Å². The zero-order valence-electron chi connectivity index (χ0n) is 10.6. The Kier molecular flexibility index (Phi) is 16.6. The second-order valence-electron chi connectivity index (χ2n) is 3.80. The molecule has 0 saturated carbocycles. The molecule has 0 spiro atoms. The molecule has 3 rings (SSSR count). The molecule has 0 amide bonds. The van der Waals surface area contributed by atoms with Crippen molar-refractivity contribution in [2.45, 2.75) is 6.42 Å². The Hall–Kier alpha value is 2.49. The zero-order valence-corrected chi connectivity index (χ0v) is 23.8. The van der Waals surface area contributed by atoms with E-state index in [1.807, 2.05) is 12.3 Å². The predicted molar refractivity (Wildman–Crippen MR) is 134 cm³/mol. The van der Waals surface area contributed by atoms with Gasteiger partial charge < -0.3 is 0 Å². The molecule has 0 bridgehead atoms. The monoisotopic (exact) mass is 956 g/mol. The van der Waals surface area contributed by atoms with Gasteiger partial charge >= 0.3 is 50.5 Å². The van der Waals surface area contributed by atoms with Crippen LogP contribution in [0.1, 0.15) is 22.4 Å². The van der Waals surface area contributed by atoms with Crippen molar-refractivity contribution >= 4 is 111 Å². The predicted octanol–water partition coefficient (Wildman–Crippen LogP) is 4.32. The van der Waals surface area contributed by atoms with Crippen molar-refractivity contribution in [3.8, 4) is 0 Å². The average molecular weight is 956 g/mol. The molecule has 0 fully saturated rings. The minimum atomic E-state index is 0. The van der Waals surface area contributed by atoms with Gasteiger partial charge in [0.25, 0.3) is 0 Å². The van der Waals surface area contributed by atoms with E-state index in [1.165, 1.54) is 22.4 Å². The van der Waals surface area contributed by atoms with Crippen molar-refractivity contribution < 1.29 is 13.3 Å². The number of rotatable bonds is 0. The number of pyridine rings is 1. The third kappa shape index (κ3) is 8.42. The Bertz CT molecular complexity index is 511. The van der Waals surface area contributed by atoms with Gasteiger partial charge in [0.05, 0.1) is 5.69 Å². The molecule has 0 radical (unpaired) electrons. The summed E-state index contributed by atoms with van der Waals surface area (Å²) in [5.41, 5.74) is 5.05. The van der Waals surface area contributed by atoms with Crippen LogP contribution in [-0.4, -0.2) is 4.98 Å². The van der Waals surface area contributed by atoms with Crippen LogP contribution in [0, 0.1) is 0 Å².